The van der Waals surface area contributed by atoms with Crippen LogP contribution in [0.3, 0.4) is 0 Å². The predicted octanol–water partition coefficient (Wildman–Crippen LogP) is 6.83. The molecule has 0 saturated carbocycles. The summed E-state index contributed by atoms with van der Waals surface area (Å²) in [5.74, 6) is 1.40. The van der Waals surface area contributed by atoms with E-state index in [0.29, 0.717) is 12.4 Å². The molecule has 0 spiro atoms. The van der Waals surface area contributed by atoms with Crippen LogP contribution in [0.15, 0.2) is 127 Å². The smallest absolute Gasteiger partial charge is 0.511 e. The van der Waals surface area contributed by atoms with Crippen LogP contribution in [0.2, 0.25) is 0 Å². The normalized spacial score (nSPS) is 11.2. The van der Waals surface area contributed by atoms with Crippen molar-refractivity contribution in [3.63, 3.8) is 0 Å². The molecule has 0 fully saturated rings. The van der Waals surface area contributed by atoms with Gasteiger partial charge in [-0.15, -0.1) is 0 Å². The van der Waals surface area contributed by atoms with Gasteiger partial charge in [0.1, 0.15) is 30.3 Å². The van der Waals surface area contributed by atoms with Crippen LogP contribution in [-0.2, 0) is 0 Å². The van der Waals surface area contributed by atoms with Crippen LogP contribution in [0.4, 0.5) is 5.69 Å². The molecule has 0 saturated heterocycles. The first-order chi connectivity index (χ1) is 19.4. The van der Waals surface area contributed by atoms with Gasteiger partial charge in [0.15, 0.2) is 0 Å². The van der Waals surface area contributed by atoms with Gasteiger partial charge in [0.2, 0.25) is 0 Å². The number of nitrogens with zero attached hydrogens (tertiary/aromatic N) is 1. The maximum Gasteiger partial charge on any atom is 0.707 e. The SMILES string of the molecule is C[N+](C)(CCOc1ccccc1)c1ccccc1.OB(O)Oc1cccc2ccc3cc4ccccc4cc3c12. The molecular weight excluding hydrogens is 497 g/mol. The Labute approximate surface area is 235 Å². The van der Waals surface area contributed by atoms with Crippen molar-refractivity contribution in [1.82, 2.24) is 4.48 Å². The van der Waals surface area contributed by atoms with E-state index in [2.05, 4.69) is 68.7 Å². The summed E-state index contributed by atoms with van der Waals surface area (Å²) in [6.07, 6.45) is 0. The molecule has 6 aromatic carbocycles. The standard InChI is InChI=1S/C18H13BO3.C16H20NO/c20-19(21)22-17-7-3-6-12-8-9-15-10-13-4-1-2-5-14(13)11-16(15)18(12)17;1-17(2,15-9-5-3-6-10-15)13-14-18-16-11-7-4-8-12-16/h1-11,20-21H;3-12H,13-14H2,1-2H3/q;+1. The van der Waals surface area contributed by atoms with E-state index in [1.54, 1.807) is 6.07 Å². The minimum Gasteiger partial charge on any atom is -0.511 e. The summed E-state index contributed by atoms with van der Waals surface area (Å²) in [6.45, 7) is 1.66. The number of rotatable bonds is 7. The summed E-state index contributed by atoms with van der Waals surface area (Å²) >= 11 is 0. The van der Waals surface area contributed by atoms with Gasteiger partial charge in [0.25, 0.3) is 0 Å². The third-order valence-corrected chi connectivity index (χ3v) is 7.04. The van der Waals surface area contributed by atoms with Crippen LogP contribution in [0.1, 0.15) is 0 Å². The number of quaternary nitrogens is 1. The van der Waals surface area contributed by atoms with Gasteiger partial charge in [-0.1, -0.05) is 84.9 Å². The zero-order valence-electron chi connectivity index (χ0n) is 22.8. The summed E-state index contributed by atoms with van der Waals surface area (Å²) < 4.78 is 11.7. The number of likely N-dealkylation sites (N-methyl/N-ethyl adjacent to an activating group) is 1. The largest absolute Gasteiger partial charge is 0.707 e. The quantitative estimate of drug-likeness (QED) is 0.103. The Morgan fingerprint density at radius 3 is 1.93 bits per heavy atom. The summed E-state index contributed by atoms with van der Waals surface area (Å²) in [5, 5.41) is 24.6. The van der Waals surface area contributed by atoms with E-state index in [0.717, 1.165) is 43.7 Å². The molecule has 40 heavy (non-hydrogen) atoms. The van der Waals surface area contributed by atoms with Crippen molar-refractivity contribution in [2.75, 3.05) is 27.2 Å². The number of benzene rings is 6. The molecule has 0 aliphatic heterocycles. The molecule has 0 aliphatic carbocycles. The van der Waals surface area contributed by atoms with Gasteiger partial charge >= 0.3 is 7.32 Å². The van der Waals surface area contributed by atoms with E-state index >= 15 is 0 Å². The molecule has 200 valence electrons. The lowest BCUT2D eigenvalue weighted by Crippen LogP contribution is -2.43. The number of para-hydroxylation sites is 2. The monoisotopic (exact) mass is 530 g/mol. The van der Waals surface area contributed by atoms with Crippen molar-refractivity contribution in [2.45, 2.75) is 0 Å². The average Bonchev–Trinajstić information content (AvgIpc) is 2.97. The molecule has 6 rings (SSSR count). The van der Waals surface area contributed by atoms with Crippen LogP contribution in [0.25, 0.3) is 32.3 Å². The van der Waals surface area contributed by atoms with E-state index in [9.17, 15) is 0 Å². The Morgan fingerprint density at radius 1 is 0.625 bits per heavy atom. The fourth-order valence-corrected chi connectivity index (χ4v) is 4.85. The van der Waals surface area contributed by atoms with Crippen molar-refractivity contribution in [2.24, 2.45) is 0 Å². The molecule has 0 aliphatic rings. The second kappa shape index (κ2) is 12.2. The molecule has 0 atom stereocenters. The van der Waals surface area contributed by atoms with Gasteiger partial charge in [-0.3, -0.25) is 4.48 Å². The van der Waals surface area contributed by atoms with Crippen molar-refractivity contribution in [3.05, 3.63) is 127 Å². The van der Waals surface area contributed by atoms with E-state index < -0.39 is 7.32 Å². The molecular formula is C34H33BNO4+. The van der Waals surface area contributed by atoms with Crippen molar-refractivity contribution in [3.8, 4) is 11.5 Å². The van der Waals surface area contributed by atoms with E-state index in [4.69, 9.17) is 19.4 Å². The molecule has 0 bridgehead atoms. The van der Waals surface area contributed by atoms with Gasteiger partial charge in [0.05, 0.1) is 14.1 Å². The van der Waals surface area contributed by atoms with Gasteiger partial charge in [0, 0.05) is 5.39 Å². The molecule has 6 aromatic rings. The summed E-state index contributed by atoms with van der Waals surface area (Å²) in [4.78, 5) is 0. The van der Waals surface area contributed by atoms with E-state index in [1.165, 1.54) is 11.1 Å². The van der Waals surface area contributed by atoms with Crippen LogP contribution in [-0.4, -0.2) is 44.6 Å². The Hall–Kier alpha value is -4.36. The molecule has 0 unspecified atom stereocenters. The van der Waals surface area contributed by atoms with Crippen LogP contribution in [0, 0.1) is 0 Å². The molecule has 0 aromatic heterocycles. The van der Waals surface area contributed by atoms with Gasteiger partial charge in [-0.05, 0) is 69.4 Å². The predicted molar refractivity (Wildman–Crippen MR) is 167 cm³/mol. The van der Waals surface area contributed by atoms with Crippen LogP contribution >= 0.6 is 0 Å². The Bertz CT molecular complexity index is 1710. The maximum absolute atomic E-state index is 9.14. The minimum absolute atomic E-state index is 0.466. The van der Waals surface area contributed by atoms with Gasteiger partial charge in [-0.2, -0.15) is 0 Å². The van der Waals surface area contributed by atoms with Crippen molar-refractivity contribution >= 4 is 45.3 Å². The van der Waals surface area contributed by atoms with Crippen molar-refractivity contribution in [1.29, 1.82) is 0 Å². The second-order valence-corrected chi connectivity index (χ2v) is 10.2. The third-order valence-electron chi connectivity index (χ3n) is 7.04. The lowest BCUT2D eigenvalue weighted by atomic mass is 9.97. The lowest BCUT2D eigenvalue weighted by Gasteiger charge is -2.29. The summed E-state index contributed by atoms with van der Waals surface area (Å²) in [5.41, 5.74) is 1.30. The minimum atomic E-state index is -1.83. The number of fused-ring (bicyclic) bond motifs is 4. The summed E-state index contributed by atoms with van der Waals surface area (Å²) in [6, 6.07) is 42.6. The first-order valence-corrected chi connectivity index (χ1v) is 13.3. The molecule has 5 nitrogen and oxygen atoms in total. The van der Waals surface area contributed by atoms with Crippen molar-refractivity contribution < 1.29 is 19.4 Å². The third kappa shape index (κ3) is 6.44. The first-order valence-electron chi connectivity index (χ1n) is 13.3. The van der Waals surface area contributed by atoms with Gasteiger partial charge in [-0.25, -0.2) is 0 Å². The molecule has 0 heterocycles. The number of hydrogen-bond donors (Lipinski definition) is 2. The highest BCUT2D eigenvalue weighted by molar-refractivity contribution is 6.34. The average molecular weight is 530 g/mol. The first kappa shape index (κ1) is 27.2. The Morgan fingerprint density at radius 2 is 1.23 bits per heavy atom. The highest BCUT2D eigenvalue weighted by Crippen LogP contribution is 2.35. The fraction of sp³-hybridized carbons (Fsp3) is 0.118. The Balaban J connectivity index is 0.000000165. The van der Waals surface area contributed by atoms with E-state index in [1.807, 2.05) is 66.7 Å². The zero-order chi connectivity index (χ0) is 28.0. The zero-order valence-corrected chi connectivity index (χ0v) is 22.8. The maximum atomic E-state index is 9.14. The fourth-order valence-electron chi connectivity index (χ4n) is 4.85. The highest BCUT2D eigenvalue weighted by Gasteiger charge is 2.18. The highest BCUT2D eigenvalue weighted by atomic mass is 16.6. The molecule has 0 radical (unpaired) electrons. The van der Waals surface area contributed by atoms with Crippen LogP contribution < -0.4 is 13.9 Å². The lowest BCUT2D eigenvalue weighted by molar-refractivity contribution is 0.260. The van der Waals surface area contributed by atoms with Gasteiger partial charge < -0.3 is 19.4 Å². The van der Waals surface area contributed by atoms with Crippen LogP contribution in [0.5, 0.6) is 11.5 Å². The molecule has 6 heteroatoms. The summed E-state index contributed by atoms with van der Waals surface area (Å²) in [7, 11) is 2.56. The van der Waals surface area contributed by atoms with E-state index in [-0.39, 0.29) is 0 Å². The molecule has 2 N–H and O–H groups in total. The number of ether oxygens (including phenoxy) is 1. The second-order valence-electron chi connectivity index (χ2n) is 10.2. The topological polar surface area (TPSA) is 58.9 Å². The molecule has 0 amide bonds. The Kier molecular flexibility index (Phi) is 8.32. The number of hydrogen-bond acceptors (Lipinski definition) is 4.